The number of rotatable bonds is 4. The Morgan fingerprint density at radius 2 is 2.45 bits per heavy atom. The second kappa shape index (κ2) is 6.76. The summed E-state index contributed by atoms with van der Waals surface area (Å²) in [6.07, 6.45) is 5.93. The molecule has 0 spiro atoms. The molecule has 0 aromatic carbocycles. The highest BCUT2D eigenvalue weighted by Crippen LogP contribution is 2.25. The van der Waals surface area contributed by atoms with Gasteiger partial charge in [-0.25, -0.2) is 4.98 Å². The monoisotopic (exact) mass is 339 g/mol. The van der Waals surface area contributed by atoms with Gasteiger partial charge in [0.05, 0.1) is 6.04 Å². The molecule has 6 nitrogen and oxygen atoms in total. The number of nitrogens with one attached hydrogen (secondary N) is 1. The topological polar surface area (TPSA) is 63.1 Å². The zero-order chi connectivity index (χ0) is 15.5. The van der Waals surface area contributed by atoms with Crippen LogP contribution in [0.4, 0.5) is 0 Å². The Kier molecular flexibility index (Phi) is 4.75. The number of piperidine rings is 1. The summed E-state index contributed by atoms with van der Waals surface area (Å²) < 4.78 is 2.50. The predicted octanol–water partition coefficient (Wildman–Crippen LogP) is 2.19. The number of carbonyl (C=O) groups excluding carboxylic acids is 1. The first kappa shape index (κ1) is 15.5. The Bertz CT molecular complexity index is 655. The van der Waals surface area contributed by atoms with Crippen LogP contribution in [0.15, 0.2) is 18.5 Å². The van der Waals surface area contributed by atoms with Crippen molar-refractivity contribution in [3.63, 3.8) is 0 Å². The number of hydrogen-bond acceptors (Lipinski definition) is 5. The fourth-order valence-electron chi connectivity index (χ4n) is 2.76. The van der Waals surface area contributed by atoms with Crippen molar-refractivity contribution in [2.75, 3.05) is 20.1 Å². The van der Waals surface area contributed by atoms with Gasteiger partial charge in [-0.1, -0.05) is 11.6 Å². The molecular formula is C14H18ClN5OS. The SMILES string of the molecule is CNC(=O)c1ccn([C@@H]2CCCN(Cc3cnc(Cl)s3)C2)n1. The van der Waals surface area contributed by atoms with E-state index in [0.29, 0.717) is 16.2 Å². The van der Waals surface area contributed by atoms with E-state index in [1.54, 1.807) is 13.1 Å². The average molecular weight is 340 g/mol. The lowest BCUT2D eigenvalue weighted by atomic mass is 10.1. The van der Waals surface area contributed by atoms with Gasteiger partial charge in [-0.3, -0.25) is 14.4 Å². The van der Waals surface area contributed by atoms with Crippen LogP contribution in [0.3, 0.4) is 0 Å². The molecule has 1 aliphatic rings. The average Bonchev–Trinajstić information content (AvgIpc) is 3.16. The van der Waals surface area contributed by atoms with E-state index in [0.717, 1.165) is 32.5 Å². The molecule has 0 unspecified atom stereocenters. The molecule has 2 aromatic heterocycles. The molecule has 1 aliphatic heterocycles. The highest BCUT2D eigenvalue weighted by Gasteiger charge is 2.23. The van der Waals surface area contributed by atoms with Crippen LogP contribution in [0.5, 0.6) is 0 Å². The maximum absolute atomic E-state index is 11.6. The van der Waals surface area contributed by atoms with Crippen molar-refractivity contribution in [2.24, 2.45) is 0 Å². The molecule has 22 heavy (non-hydrogen) atoms. The van der Waals surface area contributed by atoms with E-state index < -0.39 is 0 Å². The van der Waals surface area contributed by atoms with Gasteiger partial charge < -0.3 is 5.32 Å². The molecule has 3 rings (SSSR count). The van der Waals surface area contributed by atoms with Crippen LogP contribution >= 0.6 is 22.9 Å². The Labute approximate surface area is 138 Å². The van der Waals surface area contributed by atoms with E-state index in [2.05, 4.69) is 20.3 Å². The summed E-state index contributed by atoms with van der Waals surface area (Å²) in [5, 5.41) is 7.00. The van der Waals surface area contributed by atoms with Crippen molar-refractivity contribution in [2.45, 2.75) is 25.4 Å². The number of nitrogens with zero attached hydrogens (tertiary/aromatic N) is 4. The van der Waals surface area contributed by atoms with Gasteiger partial charge in [0.2, 0.25) is 0 Å². The maximum atomic E-state index is 11.6. The van der Waals surface area contributed by atoms with Crippen LogP contribution in [0.25, 0.3) is 0 Å². The Balaban J connectivity index is 1.65. The van der Waals surface area contributed by atoms with Crippen LogP contribution in [0.2, 0.25) is 4.47 Å². The first-order chi connectivity index (χ1) is 10.7. The number of hydrogen-bond donors (Lipinski definition) is 1. The summed E-state index contributed by atoms with van der Waals surface area (Å²) in [6.45, 7) is 2.85. The van der Waals surface area contributed by atoms with Crippen molar-refractivity contribution in [1.82, 2.24) is 25.0 Å². The van der Waals surface area contributed by atoms with E-state index >= 15 is 0 Å². The molecule has 1 amide bonds. The molecule has 1 fully saturated rings. The molecule has 3 heterocycles. The third kappa shape index (κ3) is 3.48. The van der Waals surface area contributed by atoms with Crippen LogP contribution in [-0.2, 0) is 6.54 Å². The number of aromatic nitrogens is 3. The van der Waals surface area contributed by atoms with Gasteiger partial charge in [-0.2, -0.15) is 5.10 Å². The van der Waals surface area contributed by atoms with Gasteiger partial charge in [0.25, 0.3) is 5.91 Å². The number of thiazole rings is 1. The van der Waals surface area contributed by atoms with E-state index in [1.165, 1.54) is 16.2 Å². The van der Waals surface area contributed by atoms with Crippen LogP contribution in [0, 0.1) is 0 Å². The fourth-order valence-corrected chi connectivity index (χ4v) is 3.78. The second-order valence-corrected chi connectivity index (χ2v) is 7.07. The third-order valence-corrected chi connectivity index (χ3v) is 4.93. The lowest BCUT2D eigenvalue weighted by Crippen LogP contribution is -2.36. The number of likely N-dealkylation sites (tertiary alicyclic amines) is 1. The first-order valence-electron chi connectivity index (χ1n) is 7.25. The number of amides is 1. The van der Waals surface area contributed by atoms with Gasteiger partial charge in [0.1, 0.15) is 5.69 Å². The minimum absolute atomic E-state index is 0.147. The molecule has 0 saturated carbocycles. The Hall–Kier alpha value is -1.44. The lowest BCUT2D eigenvalue weighted by molar-refractivity contribution is 0.0955. The molecule has 8 heteroatoms. The minimum Gasteiger partial charge on any atom is -0.354 e. The van der Waals surface area contributed by atoms with Gasteiger partial charge in [0.15, 0.2) is 4.47 Å². The summed E-state index contributed by atoms with van der Waals surface area (Å²) in [5.41, 5.74) is 0.467. The molecular weight excluding hydrogens is 322 g/mol. The molecule has 0 radical (unpaired) electrons. The molecule has 1 saturated heterocycles. The molecule has 0 bridgehead atoms. The zero-order valence-electron chi connectivity index (χ0n) is 12.3. The highest BCUT2D eigenvalue weighted by atomic mass is 35.5. The summed E-state index contributed by atoms with van der Waals surface area (Å²) in [7, 11) is 1.61. The summed E-state index contributed by atoms with van der Waals surface area (Å²) in [4.78, 5) is 19.3. The first-order valence-corrected chi connectivity index (χ1v) is 8.45. The fraction of sp³-hybridized carbons (Fsp3) is 0.500. The van der Waals surface area contributed by atoms with Crippen molar-refractivity contribution in [3.05, 3.63) is 33.5 Å². The van der Waals surface area contributed by atoms with E-state index in [9.17, 15) is 4.79 Å². The van der Waals surface area contributed by atoms with Crippen molar-refractivity contribution in [3.8, 4) is 0 Å². The quantitative estimate of drug-likeness (QED) is 0.927. The highest BCUT2D eigenvalue weighted by molar-refractivity contribution is 7.15. The predicted molar refractivity (Wildman–Crippen MR) is 86.3 cm³/mol. The van der Waals surface area contributed by atoms with Crippen molar-refractivity contribution in [1.29, 1.82) is 0 Å². The summed E-state index contributed by atoms with van der Waals surface area (Å²) in [5.74, 6) is -0.147. The third-order valence-electron chi connectivity index (χ3n) is 3.83. The van der Waals surface area contributed by atoms with E-state index in [4.69, 9.17) is 11.6 Å². The van der Waals surface area contributed by atoms with Crippen LogP contribution < -0.4 is 5.32 Å². The molecule has 0 aliphatic carbocycles. The standard InChI is InChI=1S/C14H18ClN5OS/c1-16-13(21)12-4-6-20(18-12)10-3-2-5-19(8-10)9-11-7-17-14(15)22-11/h4,6-7,10H,2-3,5,8-9H2,1H3,(H,16,21)/t10-/m1/s1. The molecule has 118 valence electrons. The molecule has 1 atom stereocenters. The largest absolute Gasteiger partial charge is 0.354 e. The minimum atomic E-state index is -0.147. The molecule has 2 aromatic rings. The van der Waals surface area contributed by atoms with Crippen LogP contribution in [0.1, 0.15) is 34.2 Å². The van der Waals surface area contributed by atoms with Gasteiger partial charge >= 0.3 is 0 Å². The van der Waals surface area contributed by atoms with Crippen LogP contribution in [-0.4, -0.2) is 45.7 Å². The van der Waals surface area contributed by atoms with Gasteiger partial charge in [-0.05, 0) is 25.5 Å². The number of halogens is 1. The summed E-state index contributed by atoms with van der Waals surface area (Å²) in [6, 6.07) is 2.07. The van der Waals surface area contributed by atoms with Gasteiger partial charge in [0, 0.05) is 37.4 Å². The number of carbonyl (C=O) groups is 1. The van der Waals surface area contributed by atoms with Gasteiger partial charge in [-0.15, -0.1) is 11.3 Å². The Morgan fingerprint density at radius 3 is 3.18 bits per heavy atom. The van der Waals surface area contributed by atoms with Crippen molar-refractivity contribution < 1.29 is 4.79 Å². The molecule has 1 N–H and O–H groups in total. The van der Waals surface area contributed by atoms with E-state index in [1.807, 2.05) is 17.1 Å². The van der Waals surface area contributed by atoms with E-state index in [-0.39, 0.29) is 5.91 Å². The van der Waals surface area contributed by atoms with Crippen molar-refractivity contribution >= 4 is 28.8 Å². The normalized spacial score (nSPS) is 19.3. The smallest absolute Gasteiger partial charge is 0.271 e. The Morgan fingerprint density at radius 1 is 1.59 bits per heavy atom. The zero-order valence-corrected chi connectivity index (χ0v) is 13.9. The maximum Gasteiger partial charge on any atom is 0.271 e. The summed E-state index contributed by atoms with van der Waals surface area (Å²) >= 11 is 7.41. The second-order valence-electron chi connectivity index (χ2n) is 5.37. The lowest BCUT2D eigenvalue weighted by Gasteiger charge is -2.32.